The molecule has 0 aliphatic carbocycles. The lowest BCUT2D eigenvalue weighted by Crippen LogP contribution is -2.43. The van der Waals surface area contributed by atoms with Crippen LogP contribution in [0.25, 0.3) is 21.7 Å². The Morgan fingerprint density at radius 3 is 2.49 bits per heavy atom. The van der Waals surface area contributed by atoms with Gasteiger partial charge < -0.3 is 23.9 Å². The van der Waals surface area contributed by atoms with Gasteiger partial charge in [-0.15, -0.1) is 0 Å². The Balaban J connectivity index is 1.54. The van der Waals surface area contributed by atoms with Crippen LogP contribution in [-0.2, 0) is 16.1 Å². The van der Waals surface area contributed by atoms with Crippen LogP contribution in [0.15, 0.2) is 69.9 Å². The zero-order valence-corrected chi connectivity index (χ0v) is 21.0. The largest absolute Gasteiger partial charge is 0.497 e. The van der Waals surface area contributed by atoms with E-state index in [9.17, 15) is 14.4 Å². The molecule has 1 heterocycles. The Kier molecular flexibility index (Phi) is 8.08. The van der Waals surface area contributed by atoms with Crippen LogP contribution in [0.5, 0.6) is 11.5 Å². The van der Waals surface area contributed by atoms with Crippen LogP contribution in [0.1, 0.15) is 37.3 Å². The number of aryl methyl sites for hydroxylation is 1. The molecule has 192 valence electrons. The van der Waals surface area contributed by atoms with E-state index in [0.717, 1.165) is 12.0 Å². The summed E-state index contributed by atoms with van der Waals surface area (Å²) in [5, 5.41) is 4.43. The number of alkyl carbamates (subject to hydrolysis) is 1. The molecule has 0 aliphatic heterocycles. The zero-order valence-electron chi connectivity index (χ0n) is 21.0. The lowest BCUT2D eigenvalue weighted by atomic mass is 10.0. The summed E-state index contributed by atoms with van der Waals surface area (Å²) >= 11 is 0. The highest BCUT2D eigenvalue weighted by molar-refractivity contribution is 6.06. The standard InChI is InChI=1S/C29H29NO7/c1-4-5-11-24(30-29(33)35-17-19-9-7-6-8-10-19)28(32)36-25-15-14-22-21-13-12-20(34-3)16-23(21)27(31)37-26(22)18(25)2/h6-10,12-16,24H,4-5,11,17H2,1-3H3,(H,30,33)/t24-/m0/s1. The first-order valence-corrected chi connectivity index (χ1v) is 12.1. The summed E-state index contributed by atoms with van der Waals surface area (Å²) in [5.41, 5.74) is 1.15. The molecule has 1 N–H and O–H groups in total. The Labute approximate surface area is 214 Å². The number of unbranched alkanes of at least 4 members (excludes halogenated alkanes) is 1. The summed E-state index contributed by atoms with van der Waals surface area (Å²) in [7, 11) is 1.53. The smallest absolute Gasteiger partial charge is 0.408 e. The van der Waals surface area contributed by atoms with E-state index in [1.807, 2.05) is 37.3 Å². The molecule has 3 aromatic carbocycles. The molecule has 1 aromatic heterocycles. The number of nitrogens with one attached hydrogen (secondary N) is 1. The third-order valence-corrected chi connectivity index (χ3v) is 6.13. The molecule has 37 heavy (non-hydrogen) atoms. The van der Waals surface area contributed by atoms with Gasteiger partial charge in [-0.05, 0) is 49.2 Å². The monoisotopic (exact) mass is 503 g/mol. The number of benzene rings is 3. The highest BCUT2D eigenvalue weighted by atomic mass is 16.6. The number of esters is 1. The van der Waals surface area contributed by atoms with Crippen molar-refractivity contribution in [2.75, 3.05) is 7.11 Å². The summed E-state index contributed by atoms with van der Waals surface area (Å²) in [6, 6.07) is 17.0. The van der Waals surface area contributed by atoms with Gasteiger partial charge in [-0.3, -0.25) is 0 Å². The molecular formula is C29H29NO7. The maximum Gasteiger partial charge on any atom is 0.408 e. The summed E-state index contributed by atoms with van der Waals surface area (Å²) in [5.74, 6) is 0.171. The van der Waals surface area contributed by atoms with Crippen LogP contribution in [-0.4, -0.2) is 25.2 Å². The van der Waals surface area contributed by atoms with Gasteiger partial charge in [0, 0.05) is 16.3 Å². The van der Waals surface area contributed by atoms with Gasteiger partial charge in [0.1, 0.15) is 29.7 Å². The van der Waals surface area contributed by atoms with Crippen LogP contribution >= 0.6 is 0 Å². The number of methoxy groups -OCH3 is 1. The van der Waals surface area contributed by atoms with Crippen molar-refractivity contribution in [2.45, 2.75) is 45.8 Å². The molecule has 8 nitrogen and oxygen atoms in total. The van der Waals surface area contributed by atoms with Crippen molar-refractivity contribution in [2.24, 2.45) is 0 Å². The highest BCUT2D eigenvalue weighted by Gasteiger charge is 2.24. The van der Waals surface area contributed by atoms with Gasteiger partial charge >= 0.3 is 17.7 Å². The molecule has 0 saturated carbocycles. The molecule has 0 saturated heterocycles. The van der Waals surface area contributed by atoms with Gasteiger partial charge in [-0.25, -0.2) is 14.4 Å². The lowest BCUT2D eigenvalue weighted by molar-refractivity contribution is -0.136. The summed E-state index contributed by atoms with van der Waals surface area (Å²) in [4.78, 5) is 38.1. The van der Waals surface area contributed by atoms with Gasteiger partial charge in [0.05, 0.1) is 12.5 Å². The number of hydrogen-bond donors (Lipinski definition) is 1. The van der Waals surface area contributed by atoms with Crippen molar-refractivity contribution in [1.82, 2.24) is 5.32 Å². The SMILES string of the molecule is CCCC[C@H](NC(=O)OCc1ccccc1)C(=O)Oc1ccc2c(oc(=O)c3cc(OC)ccc32)c1C. The molecule has 0 fully saturated rings. The van der Waals surface area contributed by atoms with Crippen molar-refractivity contribution in [3.05, 3.63) is 82.2 Å². The van der Waals surface area contributed by atoms with E-state index >= 15 is 0 Å². The van der Waals surface area contributed by atoms with Crippen LogP contribution in [0.2, 0.25) is 0 Å². The number of fused-ring (bicyclic) bond motifs is 3. The molecule has 4 aromatic rings. The Morgan fingerprint density at radius 2 is 1.76 bits per heavy atom. The van der Waals surface area contributed by atoms with Gasteiger partial charge in [-0.1, -0.05) is 50.1 Å². The minimum Gasteiger partial charge on any atom is -0.497 e. The van der Waals surface area contributed by atoms with E-state index in [1.165, 1.54) is 7.11 Å². The number of carbonyl (C=O) groups is 2. The molecule has 0 radical (unpaired) electrons. The van der Waals surface area contributed by atoms with E-state index in [0.29, 0.717) is 45.9 Å². The van der Waals surface area contributed by atoms with E-state index in [1.54, 1.807) is 37.3 Å². The molecule has 1 atom stereocenters. The van der Waals surface area contributed by atoms with Crippen molar-refractivity contribution in [3.8, 4) is 11.5 Å². The second-order valence-corrected chi connectivity index (χ2v) is 8.69. The number of hydrogen-bond acceptors (Lipinski definition) is 7. The first kappa shape index (κ1) is 25.8. The number of carbonyl (C=O) groups excluding carboxylic acids is 2. The normalized spacial score (nSPS) is 11.8. The molecule has 8 heteroatoms. The Morgan fingerprint density at radius 1 is 1.00 bits per heavy atom. The van der Waals surface area contributed by atoms with Crippen LogP contribution in [0.3, 0.4) is 0 Å². The predicted molar refractivity (Wildman–Crippen MR) is 140 cm³/mol. The van der Waals surface area contributed by atoms with Crippen molar-refractivity contribution in [1.29, 1.82) is 0 Å². The summed E-state index contributed by atoms with van der Waals surface area (Å²) < 4.78 is 21.8. The maximum atomic E-state index is 13.1. The van der Waals surface area contributed by atoms with Crippen molar-refractivity contribution >= 4 is 33.8 Å². The minimum absolute atomic E-state index is 0.0882. The zero-order chi connectivity index (χ0) is 26.4. The number of ether oxygens (including phenoxy) is 3. The first-order valence-electron chi connectivity index (χ1n) is 12.1. The third kappa shape index (κ3) is 5.91. The van der Waals surface area contributed by atoms with Crippen molar-refractivity contribution < 1.29 is 28.2 Å². The highest BCUT2D eigenvalue weighted by Crippen LogP contribution is 2.32. The average molecular weight is 504 g/mol. The summed E-state index contributed by atoms with van der Waals surface area (Å²) in [6.45, 7) is 3.79. The predicted octanol–water partition coefficient (Wildman–Crippen LogP) is 5.65. The van der Waals surface area contributed by atoms with Crippen LogP contribution < -0.4 is 20.4 Å². The van der Waals surface area contributed by atoms with Crippen LogP contribution in [0, 0.1) is 6.92 Å². The molecule has 0 bridgehead atoms. The first-order chi connectivity index (χ1) is 17.9. The molecule has 1 amide bonds. The van der Waals surface area contributed by atoms with Gasteiger partial charge in [-0.2, -0.15) is 0 Å². The fourth-order valence-electron chi connectivity index (χ4n) is 4.07. The van der Waals surface area contributed by atoms with Gasteiger partial charge in [0.15, 0.2) is 0 Å². The number of amides is 1. The summed E-state index contributed by atoms with van der Waals surface area (Å²) in [6.07, 6.45) is 1.23. The second-order valence-electron chi connectivity index (χ2n) is 8.69. The Bertz CT molecular complexity index is 1480. The fraction of sp³-hybridized carbons (Fsp3) is 0.276. The maximum absolute atomic E-state index is 13.1. The fourth-order valence-corrected chi connectivity index (χ4v) is 4.07. The Hall–Kier alpha value is -4.33. The third-order valence-electron chi connectivity index (χ3n) is 6.13. The average Bonchev–Trinajstić information content (AvgIpc) is 2.92. The van der Waals surface area contributed by atoms with Crippen LogP contribution in [0.4, 0.5) is 4.79 Å². The van der Waals surface area contributed by atoms with E-state index in [4.69, 9.17) is 18.6 Å². The molecular weight excluding hydrogens is 474 g/mol. The lowest BCUT2D eigenvalue weighted by Gasteiger charge is -2.18. The van der Waals surface area contributed by atoms with Gasteiger partial charge in [0.2, 0.25) is 0 Å². The molecule has 0 spiro atoms. The topological polar surface area (TPSA) is 104 Å². The molecule has 4 rings (SSSR count). The molecule has 0 unspecified atom stereocenters. The molecule has 0 aliphatic rings. The van der Waals surface area contributed by atoms with E-state index in [-0.39, 0.29) is 12.4 Å². The van der Waals surface area contributed by atoms with Crippen molar-refractivity contribution in [3.63, 3.8) is 0 Å². The van der Waals surface area contributed by atoms with E-state index < -0.39 is 23.7 Å². The quantitative estimate of drug-likeness (QED) is 0.136. The minimum atomic E-state index is -0.894. The van der Waals surface area contributed by atoms with E-state index in [2.05, 4.69) is 5.32 Å². The number of rotatable bonds is 9. The van der Waals surface area contributed by atoms with Gasteiger partial charge in [0.25, 0.3) is 0 Å². The second kappa shape index (κ2) is 11.6.